The molecule has 1 aliphatic rings. The molecule has 0 aliphatic carbocycles. The first-order chi connectivity index (χ1) is 8.89. The van der Waals surface area contributed by atoms with Crippen LogP contribution in [0, 0.1) is 6.92 Å². The second-order valence-corrected chi connectivity index (χ2v) is 5.72. The van der Waals surface area contributed by atoms with Gasteiger partial charge in [0.15, 0.2) is 0 Å². The maximum atomic E-state index is 10.7. The molecule has 6 heteroatoms. The monoisotopic (exact) mass is 265 g/mol. The van der Waals surface area contributed by atoms with Gasteiger partial charge < -0.3 is 20.6 Å². The van der Waals surface area contributed by atoms with Crippen molar-refractivity contribution in [1.82, 2.24) is 14.9 Å². The van der Waals surface area contributed by atoms with Gasteiger partial charge in [-0.15, -0.1) is 0 Å². The topological polar surface area (TPSA) is 78.5 Å². The van der Waals surface area contributed by atoms with Crippen LogP contribution in [0.15, 0.2) is 6.20 Å². The zero-order chi connectivity index (χ0) is 14.0. The number of rotatable bonds is 3. The molecule has 0 spiro atoms. The van der Waals surface area contributed by atoms with Crippen LogP contribution < -0.4 is 10.6 Å². The van der Waals surface area contributed by atoms with Crippen LogP contribution in [0.4, 0.5) is 11.8 Å². The normalized spacial score (nSPS) is 23.9. The van der Waals surface area contributed by atoms with Gasteiger partial charge >= 0.3 is 0 Å². The summed E-state index contributed by atoms with van der Waals surface area (Å²) in [5.41, 5.74) is 5.97. The third kappa shape index (κ3) is 3.33. The number of nitrogens with zero attached hydrogens (tertiary/aromatic N) is 4. The number of aryl methyl sites for hydroxylation is 1. The van der Waals surface area contributed by atoms with Crippen LogP contribution in [-0.4, -0.2) is 59.3 Å². The van der Waals surface area contributed by atoms with Crippen molar-refractivity contribution in [3.63, 3.8) is 0 Å². The minimum absolute atomic E-state index is 0.280. The summed E-state index contributed by atoms with van der Waals surface area (Å²) in [5.74, 6) is 1.12. The number of aromatic nitrogens is 2. The van der Waals surface area contributed by atoms with Crippen LogP contribution in [0.3, 0.4) is 0 Å². The number of aliphatic hydroxyl groups is 1. The van der Waals surface area contributed by atoms with Gasteiger partial charge in [0, 0.05) is 31.4 Å². The lowest BCUT2D eigenvalue weighted by Crippen LogP contribution is -2.53. The quantitative estimate of drug-likeness (QED) is 0.816. The average Bonchev–Trinajstić information content (AvgIpc) is 2.30. The molecule has 0 saturated carbocycles. The SMILES string of the molecule is Cc1cnc(N)nc1N1CCC[C@](O)(CN(C)C)C1. The maximum absolute atomic E-state index is 10.7. The Bertz CT molecular complexity index is 451. The van der Waals surface area contributed by atoms with Crippen LogP contribution in [0.25, 0.3) is 0 Å². The van der Waals surface area contributed by atoms with Crippen LogP contribution >= 0.6 is 0 Å². The molecule has 1 aromatic heterocycles. The lowest BCUT2D eigenvalue weighted by molar-refractivity contribution is 0.00350. The fraction of sp³-hybridized carbons (Fsp3) is 0.692. The number of piperidine rings is 1. The highest BCUT2D eigenvalue weighted by atomic mass is 16.3. The number of hydrogen-bond donors (Lipinski definition) is 2. The fourth-order valence-corrected chi connectivity index (χ4v) is 2.78. The molecule has 0 amide bonds. The van der Waals surface area contributed by atoms with Crippen molar-refractivity contribution in [3.8, 4) is 0 Å². The number of likely N-dealkylation sites (N-methyl/N-ethyl adjacent to an activating group) is 1. The molecule has 0 radical (unpaired) electrons. The molecular weight excluding hydrogens is 242 g/mol. The standard InChI is InChI=1S/C13H23N5O/c1-10-7-15-12(14)16-11(10)18-6-4-5-13(19,9-18)8-17(2)3/h7,19H,4-6,8-9H2,1-3H3,(H2,14,15,16)/t13-/m0/s1. The summed E-state index contributed by atoms with van der Waals surface area (Å²) in [6, 6.07) is 0. The van der Waals surface area contributed by atoms with Gasteiger partial charge in [0.1, 0.15) is 5.82 Å². The molecular formula is C13H23N5O. The largest absolute Gasteiger partial charge is 0.387 e. The molecule has 19 heavy (non-hydrogen) atoms. The van der Waals surface area contributed by atoms with Crippen molar-refractivity contribution in [2.45, 2.75) is 25.4 Å². The fourth-order valence-electron chi connectivity index (χ4n) is 2.78. The Kier molecular flexibility index (Phi) is 3.91. The number of β-amino-alcohol motifs (C(OH)–C–C–N with tert-alkyl or cyclic N) is 1. The van der Waals surface area contributed by atoms with E-state index in [1.54, 1.807) is 6.20 Å². The van der Waals surface area contributed by atoms with E-state index >= 15 is 0 Å². The van der Waals surface area contributed by atoms with Gasteiger partial charge in [-0.05, 0) is 33.9 Å². The molecule has 106 valence electrons. The van der Waals surface area contributed by atoms with E-state index in [1.807, 2.05) is 25.9 Å². The first kappa shape index (κ1) is 14.0. The van der Waals surface area contributed by atoms with E-state index in [0.29, 0.717) is 13.1 Å². The highest BCUT2D eigenvalue weighted by Gasteiger charge is 2.34. The molecule has 0 aromatic carbocycles. The van der Waals surface area contributed by atoms with Crippen LogP contribution in [0.1, 0.15) is 18.4 Å². The Morgan fingerprint density at radius 1 is 1.53 bits per heavy atom. The molecule has 2 rings (SSSR count). The summed E-state index contributed by atoms with van der Waals surface area (Å²) in [6.07, 6.45) is 3.51. The van der Waals surface area contributed by atoms with Crippen LogP contribution in [-0.2, 0) is 0 Å². The van der Waals surface area contributed by atoms with Crippen molar-refractivity contribution in [3.05, 3.63) is 11.8 Å². The maximum Gasteiger partial charge on any atom is 0.221 e. The highest BCUT2D eigenvalue weighted by Crippen LogP contribution is 2.27. The second kappa shape index (κ2) is 5.30. The summed E-state index contributed by atoms with van der Waals surface area (Å²) >= 11 is 0. The van der Waals surface area contributed by atoms with Crippen molar-refractivity contribution in [1.29, 1.82) is 0 Å². The molecule has 1 atom stereocenters. The Labute approximate surface area is 114 Å². The Hall–Kier alpha value is -1.40. The molecule has 1 saturated heterocycles. The van der Waals surface area contributed by atoms with E-state index in [2.05, 4.69) is 14.9 Å². The van der Waals surface area contributed by atoms with E-state index in [4.69, 9.17) is 5.73 Å². The Morgan fingerprint density at radius 2 is 2.26 bits per heavy atom. The molecule has 6 nitrogen and oxygen atoms in total. The van der Waals surface area contributed by atoms with Gasteiger partial charge in [-0.2, -0.15) is 4.98 Å². The average molecular weight is 265 g/mol. The molecule has 0 bridgehead atoms. The minimum Gasteiger partial charge on any atom is -0.387 e. The van der Waals surface area contributed by atoms with Gasteiger partial charge in [-0.25, -0.2) is 4.98 Å². The molecule has 1 fully saturated rings. The van der Waals surface area contributed by atoms with Gasteiger partial charge in [0.2, 0.25) is 5.95 Å². The first-order valence-corrected chi connectivity index (χ1v) is 6.61. The lowest BCUT2D eigenvalue weighted by Gasteiger charge is -2.41. The third-order valence-corrected chi connectivity index (χ3v) is 3.43. The first-order valence-electron chi connectivity index (χ1n) is 6.61. The van der Waals surface area contributed by atoms with Crippen molar-refractivity contribution < 1.29 is 5.11 Å². The molecule has 1 aromatic rings. The number of nitrogen functional groups attached to an aromatic ring is 1. The van der Waals surface area contributed by atoms with Gasteiger partial charge in [-0.3, -0.25) is 0 Å². The van der Waals surface area contributed by atoms with E-state index in [1.165, 1.54) is 0 Å². The molecule has 1 aliphatic heterocycles. The Balaban J connectivity index is 2.19. The van der Waals surface area contributed by atoms with E-state index < -0.39 is 5.60 Å². The lowest BCUT2D eigenvalue weighted by atomic mass is 9.92. The number of hydrogen-bond acceptors (Lipinski definition) is 6. The summed E-state index contributed by atoms with van der Waals surface area (Å²) in [6.45, 7) is 4.10. The minimum atomic E-state index is -0.687. The predicted octanol–water partition coefficient (Wildman–Crippen LogP) is 0.260. The third-order valence-electron chi connectivity index (χ3n) is 3.43. The van der Waals surface area contributed by atoms with Gasteiger partial charge in [-0.1, -0.05) is 0 Å². The van der Waals surface area contributed by atoms with Crippen LogP contribution in [0.5, 0.6) is 0 Å². The second-order valence-electron chi connectivity index (χ2n) is 5.72. The highest BCUT2D eigenvalue weighted by molar-refractivity contribution is 5.48. The summed E-state index contributed by atoms with van der Waals surface area (Å²) in [7, 11) is 3.95. The van der Waals surface area contributed by atoms with Crippen molar-refractivity contribution >= 4 is 11.8 Å². The molecule has 3 N–H and O–H groups in total. The molecule has 0 unspecified atom stereocenters. The predicted molar refractivity (Wildman–Crippen MR) is 76.1 cm³/mol. The summed E-state index contributed by atoms with van der Waals surface area (Å²) in [5, 5.41) is 10.7. The zero-order valence-electron chi connectivity index (χ0n) is 11.9. The zero-order valence-corrected chi connectivity index (χ0v) is 11.9. The van der Waals surface area contributed by atoms with Crippen LogP contribution in [0.2, 0.25) is 0 Å². The van der Waals surface area contributed by atoms with E-state index in [9.17, 15) is 5.11 Å². The van der Waals surface area contributed by atoms with Crippen molar-refractivity contribution in [2.24, 2.45) is 0 Å². The summed E-state index contributed by atoms with van der Waals surface area (Å²) < 4.78 is 0. The van der Waals surface area contributed by atoms with Crippen molar-refractivity contribution in [2.75, 3.05) is 44.4 Å². The number of anilines is 2. The smallest absolute Gasteiger partial charge is 0.221 e. The van der Waals surface area contributed by atoms with E-state index in [0.717, 1.165) is 30.8 Å². The van der Waals surface area contributed by atoms with E-state index in [-0.39, 0.29) is 5.95 Å². The summed E-state index contributed by atoms with van der Waals surface area (Å²) in [4.78, 5) is 12.4. The number of nitrogens with two attached hydrogens (primary N) is 1. The van der Waals surface area contributed by atoms with Gasteiger partial charge in [0.05, 0.1) is 5.60 Å². The molecule has 2 heterocycles. The van der Waals surface area contributed by atoms with Gasteiger partial charge in [0.25, 0.3) is 0 Å². The Morgan fingerprint density at radius 3 is 2.95 bits per heavy atom.